The number of furan rings is 1. The van der Waals surface area contributed by atoms with Crippen molar-refractivity contribution >= 4 is 28.3 Å². The Hall–Kier alpha value is -4.64. The van der Waals surface area contributed by atoms with Crippen LogP contribution < -0.4 is 5.32 Å². The van der Waals surface area contributed by atoms with Crippen LogP contribution in [0.4, 0.5) is 5.69 Å². The molecule has 1 aliphatic rings. The predicted octanol–water partition coefficient (Wildman–Crippen LogP) is 6.55. The summed E-state index contributed by atoms with van der Waals surface area (Å²) in [4.78, 5) is 27.7. The molecule has 0 aliphatic carbocycles. The standard InChI is InChI=1S/C31H24N2O3/c34-30(22-8-2-1-3-9-22)32-27-12-6-11-24(18-27)29-19-26-20-33(16-15-28(26)36-29)31(35)25-14-13-21-7-4-5-10-23(21)17-25/h1-14,17-19H,15-16,20H2,(H,32,34). The van der Waals surface area contributed by atoms with E-state index in [2.05, 4.69) is 5.32 Å². The molecule has 0 unspecified atom stereocenters. The number of carbonyl (C=O) groups is 2. The van der Waals surface area contributed by atoms with Crippen molar-refractivity contribution in [1.82, 2.24) is 4.90 Å². The lowest BCUT2D eigenvalue weighted by Crippen LogP contribution is -2.35. The van der Waals surface area contributed by atoms with Gasteiger partial charge in [-0.15, -0.1) is 0 Å². The van der Waals surface area contributed by atoms with Gasteiger partial charge < -0.3 is 14.6 Å². The third-order valence-electron chi connectivity index (χ3n) is 6.59. The number of carbonyl (C=O) groups excluding carboxylic acids is 2. The summed E-state index contributed by atoms with van der Waals surface area (Å²) in [5, 5.41) is 5.13. The van der Waals surface area contributed by atoms with Crippen molar-refractivity contribution in [3.8, 4) is 11.3 Å². The van der Waals surface area contributed by atoms with Crippen LogP contribution in [0.2, 0.25) is 0 Å². The van der Waals surface area contributed by atoms with Crippen molar-refractivity contribution < 1.29 is 14.0 Å². The van der Waals surface area contributed by atoms with E-state index in [1.54, 1.807) is 12.1 Å². The number of nitrogens with one attached hydrogen (secondary N) is 1. The normalized spacial score (nSPS) is 12.8. The highest BCUT2D eigenvalue weighted by Gasteiger charge is 2.25. The average Bonchev–Trinajstić information content (AvgIpc) is 3.37. The molecule has 5 nitrogen and oxygen atoms in total. The SMILES string of the molecule is O=C(Nc1cccc(-c2cc3c(o2)CCN(C(=O)c2ccc4ccccc4c2)C3)c1)c1ccccc1. The van der Waals surface area contributed by atoms with Gasteiger partial charge >= 0.3 is 0 Å². The van der Waals surface area contributed by atoms with E-state index in [1.807, 2.05) is 95.9 Å². The summed E-state index contributed by atoms with van der Waals surface area (Å²) in [7, 11) is 0. The Morgan fingerprint density at radius 1 is 0.750 bits per heavy atom. The Kier molecular flexibility index (Phi) is 5.58. The Labute approximate surface area is 209 Å². The van der Waals surface area contributed by atoms with Gasteiger partial charge in [0.25, 0.3) is 11.8 Å². The lowest BCUT2D eigenvalue weighted by atomic mass is 10.0. The van der Waals surface area contributed by atoms with Gasteiger partial charge in [0.15, 0.2) is 0 Å². The van der Waals surface area contributed by atoms with E-state index in [0.717, 1.165) is 33.4 Å². The monoisotopic (exact) mass is 472 g/mol. The second kappa shape index (κ2) is 9.19. The average molecular weight is 473 g/mol. The van der Waals surface area contributed by atoms with Crippen LogP contribution in [0.3, 0.4) is 0 Å². The topological polar surface area (TPSA) is 62.6 Å². The summed E-state index contributed by atoms with van der Waals surface area (Å²) in [6.07, 6.45) is 0.666. The molecule has 5 heteroatoms. The molecule has 2 heterocycles. The van der Waals surface area contributed by atoms with Crippen LogP contribution in [0.1, 0.15) is 32.0 Å². The summed E-state index contributed by atoms with van der Waals surface area (Å²) >= 11 is 0. The van der Waals surface area contributed by atoms with Crippen molar-refractivity contribution in [3.63, 3.8) is 0 Å². The highest BCUT2D eigenvalue weighted by molar-refractivity contribution is 6.04. The van der Waals surface area contributed by atoms with Crippen LogP contribution in [0.5, 0.6) is 0 Å². The smallest absolute Gasteiger partial charge is 0.255 e. The van der Waals surface area contributed by atoms with Gasteiger partial charge in [0, 0.05) is 47.5 Å². The lowest BCUT2D eigenvalue weighted by molar-refractivity contribution is 0.0730. The quantitative estimate of drug-likeness (QED) is 0.323. The highest BCUT2D eigenvalue weighted by atomic mass is 16.3. The summed E-state index contributed by atoms with van der Waals surface area (Å²) in [5.41, 5.74) is 3.89. The second-order valence-corrected chi connectivity index (χ2v) is 9.00. The second-order valence-electron chi connectivity index (χ2n) is 9.00. The van der Waals surface area contributed by atoms with Gasteiger partial charge in [-0.05, 0) is 53.2 Å². The van der Waals surface area contributed by atoms with Gasteiger partial charge in [-0.2, -0.15) is 0 Å². The predicted molar refractivity (Wildman–Crippen MR) is 141 cm³/mol. The number of benzene rings is 4. The van der Waals surface area contributed by atoms with Crippen LogP contribution in [0.15, 0.2) is 108 Å². The van der Waals surface area contributed by atoms with Gasteiger partial charge in [0.1, 0.15) is 11.5 Å². The third-order valence-corrected chi connectivity index (χ3v) is 6.59. The minimum Gasteiger partial charge on any atom is -0.461 e. The van der Waals surface area contributed by atoms with Crippen LogP contribution >= 0.6 is 0 Å². The van der Waals surface area contributed by atoms with Crippen molar-refractivity contribution in [2.24, 2.45) is 0 Å². The van der Waals surface area contributed by atoms with Gasteiger partial charge in [-0.3, -0.25) is 9.59 Å². The zero-order valence-corrected chi connectivity index (χ0v) is 19.6. The molecule has 0 atom stereocenters. The molecule has 0 bridgehead atoms. The van der Waals surface area contributed by atoms with Gasteiger partial charge in [-0.1, -0.05) is 60.7 Å². The maximum Gasteiger partial charge on any atom is 0.255 e. The number of hydrogen-bond acceptors (Lipinski definition) is 3. The fraction of sp³-hybridized carbons (Fsp3) is 0.0968. The molecule has 1 aromatic heterocycles. The van der Waals surface area contributed by atoms with Crippen molar-refractivity contribution in [1.29, 1.82) is 0 Å². The molecule has 176 valence electrons. The molecule has 0 saturated heterocycles. The van der Waals surface area contributed by atoms with Gasteiger partial charge in [-0.25, -0.2) is 0 Å². The van der Waals surface area contributed by atoms with E-state index < -0.39 is 0 Å². The van der Waals surface area contributed by atoms with Crippen LogP contribution in [0.25, 0.3) is 22.1 Å². The molecule has 5 aromatic rings. The van der Waals surface area contributed by atoms with Crippen molar-refractivity contribution in [2.45, 2.75) is 13.0 Å². The number of hydrogen-bond donors (Lipinski definition) is 1. The summed E-state index contributed by atoms with van der Waals surface area (Å²) in [6.45, 7) is 1.12. The number of anilines is 1. The Bertz CT molecular complexity index is 1590. The van der Waals surface area contributed by atoms with Gasteiger partial charge in [0.2, 0.25) is 0 Å². The van der Waals surface area contributed by atoms with Crippen LogP contribution in [0, 0.1) is 0 Å². The summed E-state index contributed by atoms with van der Waals surface area (Å²) in [6, 6.07) is 32.7. The van der Waals surface area contributed by atoms with E-state index in [4.69, 9.17) is 4.42 Å². The first-order valence-corrected chi connectivity index (χ1v) is 12.0. The molecule has 1 aliphatic heterocycles. The molecular formula is C31H24N2O3. The number of fused-ring (bicyclic) bond motifs is 2. The molecular weight excluding hydrogens is 448 g/mol. The Balaban J connectivity index is 1.20. The number of rotatable bonds is 4. The van der Waals surface area contributed by atoms with Crippen LogP contribution in [-0.2, 0) is 13.0 Å². The fourth-order valence-electron chi connectivity index (χ4n) is 4.70. The molecule has 2 amide bonds. The molecule has 0 saturated carbocycles. The minimum absolute atomic E-state index is 0.0276. The highest BCUT2D eigenvalue weighted by Crippen LogP contribution is 2.31. The van der Waals surface area contributed by atoms with Crippen molar-refractivity contribution in [2.75, 3.05) is 11.9 Å². The first-order valence-electron chi connectivity index (χ1n) is 12.0. The zero-order chi connectivity index (χ0) is 24.5. The van der Waals surface area contributed by atoms with E-state index in [0.29, 0.717) is 36.3 Å². The summed E-state index contributed by atoms with van der Waals surface area (Å²) < 4.78 is 6.18. The van der Waals surface area contributed by atoms with Gasteiger partial charge in [0.05, 0.1) is 0 Å². The maximum absolute atomic E-state index is 13.2. The van der Waals surface area contributed by atoms with E-state index >= 15 is 0 Å². The maximum atomic E-state index is 13.2. The molecule has 0 fully saturated rings. The molecule has 0 radical (unpaired) electrons. The number of amides is 2. The molecule has 4 aromatic carbocycles. The zero-order valence-electron chi connectivity index (χ0n) is 19.6. The van der Waals surface area contributed by atoms with Crippen molar-refractivity contribution in [3.05, 3.63) is 126 Å². The Morgan fingerprint density at radius 2 is 1.56 bits per heavy atom. The largest absolute Gasteiger partial charge is 0.461 e. The summed E-state index contributed by atoms with van der Waals surface area (Å²) in [5.74, 6) is 1.51. The first kappa shape index (κ1) is 21.9. The minimum atomic E-state index is -0.158. The van der Waals surface area contributed by atoms with E-state index in [-0.39, 0.29) is 11.8 Å². The molecule has 1 N–H and O–H groups in total. The number of nitrogens with zero attached hydrogens (tertiary/aromatic N) is 1. The fourth-order valence-corrected chi connectivity index (χ4v) is 4.70. The Morgan fingerprint density at radius 3 is 2.42 bits per heavy atom. The molecule has 36 heavy (non-hydrogen) atoms. The van der Waals surface area contributed by atoms with Crippen LogP contribution in [-0.4, -0.2) is 23.3 Å². The third kappa shape index (κ3) is 4.27. The van der Waals surface area contributed by atoms with E-state index in [9.17, 15) is 9.59 Å². The first-order chi connectivity index (χ1) is 17.6. The molecule has 0 spiro atoms. The van der Waals surface area contributed by atoms with E-state index in [1.165, 1.54) is 0 Å². The molecule has 6 rings (SSSR count). The lowest BCUT2D eigenvalue weighted by Gasteiger charge is -2.26.